The van der Waals surface area contributed by atoms with E-state index in [9.17, 15) is 13.2 Å². The van der Waals surface area contributed by atoms with Crippen molar-refractivity contribution < 1.29 is 13.2 Å². The topological polar surface area (TPSA) is 88.2 Å². The summed E-state index contributed by atoms with van der Waals surface area (Å²) in [6.45, 7) is 6.17. The Kier molecular flexibility index (Phi) is 6.09. The van der Waals surface area contributed by atoms with E-state index in [0.29, 0.717) is 25.1 Å². The quantitative estimate of drug-likeness (QED) is 0.784. The standard InChI is InChI=1S/C16H21N3O3S2/c1-4-18-24(21,22)14-6-5-11(2)15(9-14)16(20)17-8-7-13-10-23-12(3)19-13/h5-6,9-10,18H,4,7-8H2,1-3H3,(H,17,20). The van der Waals surface area contributed by atoms with Crippen molar-refractivity contribution in [2.45, 2.75) is 32.1 Å². The molecular weight excluding hydrogens is 346 g/mol. The Labute approximate surface area is 146 Å². The largest absolute Gasteiger partial charge is 0.352 e. The molecule has 0 aliphatic carbocycles. The van der Waals surface area contributed by atoms with Gasteiger partial charge in [-0.05, 0) is 31.5 Å². The van der Waals surface area contributed by atoms with Crippen LogP contribution in [0.4, 0.5) is 0 Å². The number of aromatic nitrogens is 1. The Bertz CT molecular complexity index is 829. The van der Waals surface area contributed by atoms with Crippen molar-refractivity contribution in [1.82, 2.24) is 15.0 Å². The lowest BCUT2D eigenvalue weighted by molar-refractivity contribution is 0.0953. The van der Waals surface area contributed by atoms with Crippen molar-refractivity contribution in [1.29, 1.82) is 0 Å². The fourth-order valence-corrected chi connectivity index (χ4v) is 3.92. The van der Waals surface area contributed by atoms with Gasteiger partial charge in [0.15, 0.2) is 0 Å². The van der Waals surface area contributed by atoms with Gasteiger partial charge in [0.05, 0.1) is 15.6 Å². The van der Waals surface area contributed by atoms with Gasteiger partial charge in [-0.15, -0.1) is 11.3 Å². The number of benzene rings is 1. The highest BCUT2D eigenvalue weighted by Gasteiger charge is 2.17. The number of hydrogen-bond donors (Lipinski definition) is 2. The summed E-state index contributed by atoms with van der Waals surface area (Å²) in [6, 6.07) is 4.56. The smallest absolute Gasteiger partial charge is 0.251 e. The van der Waals surface area contributed by atoms with Crippen LogP contribution in [0.25, 0.3) is 0 Å². The third-order valence-electron chi connectivity index (χ3n) is 3.43. The minimum atomic E-state index is -3.58. The highest BCUT2D eigenvalue weighted by molar-refractivity contribution is 7.89. The third-order valence-corrected chi connectivity index (χ3v) is 5.80. The highest BCUT2D eigenvalue weighted by Crippen LogP contribution is 2.16. The minimum absolute atomic E-state index is 0.0928. The minimum Gasteiger partial charge on any atom is -0.352 e. The van der Waals surface area contributed by atoms with E-state index < -0.39 is 10.0 Å². The Morgan fingerprint density at radius 3 is 2.67 bits per heavy atom. The van der Waals surface area contributed by atoms with Crippen molar-refractivity contribution >= 4 is 27.3 Å². The number of thiazole rings is 1. The predicted molar refractivity (Wildman–Crippen MR) is 94.9 cm³/mol. The summed E-state index contributed by atoms with van der Waals surface area (Å²) < 4.78 is 26.6. The van der Waals surface area contributed by atoms with Gasteiger partial charge >= 0.3 is 0 Å². The van der Waals surface area contributed by atoms with E-state index in [1.54, 1.807) is 31.3 Å². The average molecular weight is 367 g/mol. The Morgan fingerprint density at radius 2 is 2.04 bits per heavy atom. The van der Waals surface area contributed by atoms with Crippen molar-refractivity contribution in [3.8, 4) is 0 Å². The van der Waals surface area contributed by atoms with Gasteiger partial charge in [0, 0.05) is 30.5 Å². The van der Waals surface area contributed by atoms with Gasteiger partial charge in [-0.1, -0.05) is 13.0 Å². The molecule has 2 rings (SSSR count). The van der Waals surface area contributed by atoms with E-state index >= 15 is 0 Å². The van der Waals surface area contributed by atoms with Gasteiger partial charge in [-0.3, -0.25) is 4.79 Å². The van der Waals surface area contributed by atoms with Gasteiger partial charge < -0.3 is 5.32 Å². The van der Waals surface area contributed by atoms with Crippen LogP contribution in [-0.4, -0.2) is 32.4 Å². The van der Waals surface area contributed by atoms with Crippen LogP contribution >= 0.6 is 11.3 Å². The molecule has 1 amide bonds. The molecule has 130 valence electrons. The number of sulfonamides is 1. The van der Waals surface area contributed by atoms with Crippen LogP contribution in [-0.2, 0) is 16.4 Å². The van der Waals surface area contributed by atoms with Crippen molar-refractivity contribution in [2.24, 2.45) is 0 Å². The van der Waals surface area contributed by atoms with Gasteiger partial charge in [-0.2, -0.15) is 0 Å². The molecule has 0 saturated heterocycles. The first-order chi connectivity index (χ1) is 11.3. The predicted octanol–water partition coefficient (Wildman–Crippen LogP) is 2.03. The normalized spacial score (nSPS) is 11.5. The summed E-state index contributed by atoms with van der Waals surface area (Å²) >= 11 is 1.57. The zero-order valence-corrected chi connectivity index (χ0v) is 15.6. The second-order valence-corrected chi connectivity index (χ2v) is 8.17. The second kappa shape index (κ2) is 7.87. The molecule has 0 aliphatic heterocycles. The molecule has 1 heterocycles. The molecule has 0 radical (unpaired) electrons. The molecular formula is C16H21N3O3S2. The van der Waals surface area contributed by atoms with Gasteiger partial charge in [0.1, 0.15) is 0 Å². The van der Waals surface area contributed by atoms with E-state index in [1.807, 2.05) is 12.3 Å². The van der Waals surface area contributed by atoms with E-state index in [-0.39, 0.29) is 10.8 Å². The van der Waals surface area contributed by atoms with Gasteiger partial charge in [0.2, 0.25) is 10.0 Å². The number of carbonyl (C=O) groups is 1. The van der Waals surface area contributed by atoms with Crippen LogP contribution in [0, 0.1) is 13.8 Å². The monoisotopic (exact) mass is 367 g/mol. The molecule has 0 aliphatic rings. The number of rotatable bonds is 7. The average Bonchev–Trinajstić information content (AvgIpc) is 2.92. The summed E-state index contributed by atoms with van der Waals surface area (Å²) in [6.07, 6.45) is 0.643. The molecule has 1 aromatic carbocycles. The maximum atomic E-state index is 12.4. The summed E-state index contributed by atoms with van der Waals surface area (Å²) in [5, 5.41) is 5.78. The lowest BCUT2D eigenvalue weighted by Gasteiger charge is -2.10. The summed E-state index contributed by atoms with van der Waals surface area (Å²) in [4.78, 5) is 16.8. The van der Waals surface area contributed by atoms with Gasteiger partial charge in [-0.25, -0.2) is 18.1 Å². The summed E-state index contributed by atoms with van der Waals surface area (Å²) in [5.74, 6) is -0.284. The Hall–Kier alpha value is -1.77. The summed E-state index contributed by atoms with van der Waals surface area (Å²) in [5.41, 5.74) is 2.04. The first-order valence-corrected chi connectivity index (χ1v) is 9.99. The molecule has 2 N–H and O–H groups in total. The van der Waals surface area contributed by atoms with E-state index in [1.165, 1.54) is 12.1 Å². The first-order valence-electron chi connectivity index (χ1n) is 7.63. The number of hydrogen-bond acceptors (Lipinski definition) is 5. The van der Waals surface area contributed by atoms with Crippen LogP contribution in [0.1, 0.15) is 33.5 Å². The van der Waals surface area contributed by atoms with Crippen LogP contribution < -0.4 is 10.0 Å². The molecule has 0 unspecified atom stereocenters. The molecule has 0 fully saturated rings. The van der Waals surface area contributed by atoms with Crippen molar-refractivity contribution in [3.05, 3.63) is 45.4 Å². The molecule has 8 heteroatoms. The zero-order chi connectivity index (χ0) is 17.7. The SMILES string of the molecule is CCNS(=O)(=O)c1ccc(C)c(C(=O)NCCc2csc(C)n2)c1. The molecule has 24 heavy (non-hydrogen) atoms. The van der Waals surface area contributed by atoms with Crippen molar-refractivity contribution in [3.63, 3.8) is 0 Å². The second-order valence-electron chi connectivity index (χ2n) is 5.34. The number of aryl methyl sites for hydroxylation is 2. The van der Waals surface area contributed by atoms with E-state index in [0.717, 1.165) is 16.3 Å². The number of carbonyl (C=O) groups excluding carboxylic acids is 1. The van der Waals surface area contributed by atoms with Gasteiger partial charge in [0.25, 0.3) is 5.91 Å². The highest BCUT2D eigenvalue weighted by atomic mass is 32.2. The third kappa shape index (κ3) is 4.62. The fraction of sp³-hybridized carbons (Fsp3) is 0.375. The van der Waals surface area contributed by atoms with Crippen molar-refractivity contribution in [2.75, 3.05) is 13.1 Å². The fourth-order valence-electron chi connectivity index (χ4n) is 2.21. The van der Waals surface area contributed by atoms with Crippen LogP contribution in [0.3, 0.4) is 0 Å². The number of amides is 1. The van der Waals surface area contributed by atoms with Crippen LogP contribution in [0.2, 0.25) is 0 Å². The Morgan fingerprint density at radius 1 is 1.29 bits per heavy atom. The Balaban J connectivity index is 2.08. The van der Waals surface area contributed by atoms with E-state index in [4.69, 9.17) is 0 Å². The summed E-state index contributed by atoms with van der Waals surface area (Å²) in [7, 11) is -3.58. The lowest BCUT2D eigenvalue weighted by atomic mass is 10.1. The number of nitrogens with one attached hydrogen (secondary N) is 2. The molecule has 1 aromatic heterocycles. The molecule has 0 spiro atoms. The van der Waals surface area contributed by atoms with Crippen LogP contribution in [0.15, 0.2) is 28.5 Å². The zero-order valence-electron chi connectivity index (χ0n) is 13.9. The molecule has 0 bridgehead atoms. The molecule has 0 saturated carbocycles. The molecule has 6 nitrogen and oxygen atoms in total. The molecule has 0 atom stereocenters. The molecule has 2 aromatic rings. The maximum Gasteiger partial charge on any atom is 0.251 e. The first kappa shape index (κ1) is 18.6. The lowest BCUT2D eigenvalue weighted by Crippen LogP contribution is -2.27. The maximum absolute atomic E-state index is 12.4. The van der Waals surface area contributed by atoms with E-state index in [2.05, 4.69) is 15.0 Å². The number of nitrogens with zero attached hydrogens (tertiary/aromatic N) is 1. The van der Waals surface area contributed by atoms with Crippen LogP contribution in [0.5, 0.6) is 0 Å².